The van der Waals surface area contributed by atoms with E-state index in [0.29, 0.717) is 17.3 Å². The van der Waals surface area contributed by atoms with Crippen molar-refractivity contribution in [1.82, 2.24) is 0 Å². The van der Waals surface area contributed by atoms with Crippen LogP contribution in [0.5, 0.6) is 0 Å². The number of hydrogen-bond donors (Lipinski definition) is 2. The Labute approximate surface area is 185 Å². The molecule has 0 heterocycles. The molecular weight excluding hydrogens is 368 g/mol. The molecule has 4 aliphatic rings. The standard InChI is InChI=1S/C28H48O2/c1-6-14-25(2,29)15-7-8-20-10-12-23-22-11-9-21-19-26(3,30)17-18-28(21,5)24(22)13-16-27(20,23)4/h6,20-24,29-30H,1,7-19H2,2-5H3/t20-,21-,22-,23-,24-,25-,26-,27+,28-/m0/s1. The maximum absolute atomic E-state index is 10.7. The van der Waals surface area contributed by atoms with Crippen LogP contribution in [-0.4, -0.2) is 21.4 Å². The molecule has 2 nitrogen and oxygen atoms in total. The summed E-state index contributed by atoms with van der Waals surface area (Å²) in [5.41, 5.74) is -0.0122. The van der Waals surface area contributed by atoms with E-state index < -0.39 is 11.2 Å². The highest BCUT2D eigenvalue weighted by molar-refractivity contribution is 5.10. The van der Waals surface area contributed by atoms with Crippen LogP contribution < -0.4 is 0 Å². The average Bonchev–Trinajstić information content (AvgIpc) is 2.99. The summed E-state index contributed by atoms with van der Waals surface area (Å²) in [5.74, 6) is 4.30. The van der Waals surface area contributed by atoms with Crippen molar-refractivity contribution >= 4 is 0 Å². The molecule has 4 fully saturated rings. The molecule has 0 aromatic rings. The van der Waals surface area contributed by atoms with E-state index >= 15 is 0 Å². The Bertz CT molecular complexity index is 637. The summed E-state index contributed by atoms with van der Waals surface area (Å²) >= 11 is 0. The zero-order valence-electron chi connectivity index (χ0n) is 20.3. The molecule has 30 heavy (non-hydrogen) atoms. The van der Waals surface area contributed by atoms with Gasteiger partial charge in [0.1, 0.15) is 0 Å². The van der Waals surface area contributed by atoms with E-state index in [9.17, 15) is 10.2 Å². The molecule has 9 atom stereocenters. The lowest BCUT2D eigenvalue weighted by Crippen LogP contribution is -2.55. The lowest BCUT2D eigenvalue weighted by atomic mass is 9.44. The van der Waals surface area contributed by atoms with Crippen molar-refractivity contribution < 1.29 is 10.2 Å². The fourth-order valence-electron chi connectivity index (χ4n) is 9.16. The van der Waals surface area contributed by atoms with Gasteiger partial charge in [-0.2, -0.15) is 0 Å². The van der Waals surface area contributed by atoms with Gasteiger partial charge >= 0.3 is 0 Å². The predicted molar refractivity (Wildman–Crippen MR) is 125 cm³/mol. The van der Waals surface area contributed by atoms with E-state index in [-0.39, 0.29) is 0 Å². The van der Waals surface area contributed by atoms with Gasteiger partial charge in [-0.15, -0.1) is 6.58 Å². The van der Waals surface area contributed by atoms with Gasteiger partial charge in [0.2, 0.25) is 0 Å². The van der Waals surface area contributed by atoms with Crippen LogP contribution in [0.3, 0.4) is 0 Å². The zero-order chi connectivity index (χ0) is 21.8. The van der Waals surface area contributed by atoms with Gasteiger partial charge in [0, 0.05) is 0 Å². The minimum Gasteiger partial charge on any atom is -0.390 e. The van der Waals surface area contributed by atoms with Gasteiger partial charge in [-0.25, -0.2) is 0 Å². The van der Waals surface area contributed by atoms with Crippen LogP contribution in [0.4, 0.5) is 0 Å². The van der Waals surface area contributed by atoms with Gasteiger partial charge in [0.15, 0.2) is 0 Å². The molecule has 0 bridgehead atoms. The Balaban J connectivity index is 1.42. The fraction of sp³-hybridized carbons (Fsp3) is 0.929. The van der Waals surface area contributed by atoms with E-state index in [1.54, 1.807) is 0 Å². The summed E-state index contributed by atoms with van der Waals surface area (Å²) in [4.78, 5) is 0. The molecule has 0 spiro atoms. The monoisotopic (exact) mass is 416 g/mol. The van der Waals surface area contributed by atoms with E-state index in [4.69, 9.17) is 0 Å². The Morgan fingerprint density at radius 1 is 0.967 bits per heavy atom. The molecule has 0 aromatic heterocycles. The molecule has 4 aliphatic carbocycles. The van der Waals surface area contributed by atoms with Crippen molar-refractivity contribution in [3.63, 3.8) is 0 Å². The molecule has 172 valence electrons. The van der Waals surface area contributed by atoms with E-state index in [1.165, 1.54) is 51.4 Å². The van der Waals surface area contributed by atoms with Crippen LogP contribution in [0.25, 0.3) is 0 Å². The molecule has 2 heteroatoms. The van der Waals surface area contributed by atoms with Gasteiger partial charge in [-0.1, -0.05) is 26.3 Å². The summed E-state index contributed by atoms with van der Waals surface area (Å²) < 4.78 is 0. The summed E-state index contributed by atoms with van der Waals surface area (Å²) in [6.45, 7) is 13.1. The molecule has 0 amide bonds. The molecule has 2 N–H and O–H groups in total. The van der Waals surface area contributed by atoms with Crippen LogP contribution >= 0.6 is 0 Å². The van der Waals surface area contributed by atoms with E-state index in [1.807, 2.05) is 13.0 Å². The van der Waals surface area contributed by atoms with Crippen molar-refractivity contribution in [1.29, 1.82) is 0 Å². The molecule has 0 aliphatic heterocycles. The summed E-state index contributed by atoms with van der Waals surface area (Å²) in [7, 11) is 0. The van der Waals surface area contributed by atoms with Crippen molar-refractivity contribution in [3.05, 3.63) is 12.7 Å². The van der Waals surface area contributed by atoms with E-state index in [0.717, 1.165) is 55.3 Å². The minimum atomic E-state index is -0.576. The second-order valence-electron chi connectivity index (χ2n) is 13.1. The van der Waals surface area contributed by atoms with Gasteiger partial charge < -0.3 is 10.2 Å². The average molecular weight is 417 g/mol. The number of rotatable bonds is 6. The maximum atomic E-state index is 10.7. The first-order chi connectivity index (χ1) is 14.0. The Kier molecular flexibility index (Phi) is 6.02. The van der Waals surface area contributed by atoms with Crippen molar-refractivity contribution in [3.8, 4) is 0 Å². The second-order valence-corrected chi connectivity index (χ2v) is 13.1. The van der Waals surface area contributed by atoms with Crippen LogP contribution in [0.2, 0.25) is 0 Å². The third-order valence-electron chi connectivity index (χ3n) is 11.0. The lowest BCUT2D eigenvalue weighted by Gasteiger charge is -2.62. The zero-order valence-corrected chi connectivity index (χ0v) is 20.3. The van der Waals surface area contributed by atoms with Crippen molar-refractivity contribution in [2.75, 3.05) is 0 Å². The molecule has 0 unspecified atom stereocenters. The third-order valence-corrected chi connectivity index (χ3v) is 11.0. The molecule has 4 rings (SSSR count). The largest absolute Gasteiger partial charge is 0.390 e. The third kappa shape index (κ3) is 3.94. The highest BCUT2D eigenvalue weighted by Crippen LogP contribution is 2.68. The normalized spacial score (nSPS) is 50.1. The van der Waals surface area contributed by atoms with Crippen molar-refractivity contribution in [2.24, 2.45) is 40.4 Å². The summed E-state index contributed by atoms with van der Waals surface area (Å²) in [6, 6.07) is 0. The molecular formula is C28H48O2. The second kappa shape index (κ2) is 7.91. The number of fused-ring (bicyclic) bond motifs is 5. The lowest BCUT2D eigenvalue weighted by molar-refractivity contribution is -0.146. The first-order valence-corrected chi connectivity index (χ1v) is 13.1. The predicted octanol–water partition coefficient (Wildman–Crippen LogP) is 6.89. The molecule has 0 saturated heterocycles. The first kappa shape index (κ1) is 22.8. The van der Waals surface area contributed by atoms with Gasteiger partial charge in [0.05, 0.1) is 11.2 Å². The Morgan fingerprint density at radius 2 is 1.70 bits per heavy atom. The quantitative estimate of drug-likeness (QED) is 0.463. The minimum absolute atomic E-state index is 0.425. The van der Waals surface area contributed by atoms with E-state index in [2.05, 4.69) is 27.4 Å². The highest BCUT2D eigenvalue weighted by atomic mass is 16.3. The molecule has 0 radical (unpaired) electrons. The van der Waals surface area contributed by atoms with Crippen LogP contribution in [0.1, 0.15) is 111 Å². The van der Waals surface area contributed by atoms with Crippen LogP contribution in [-0.2, 0) is 0 Å². The molecule has 4 saturated carbocycles. The topological polar surface area (TPSA) is 40.5 Å². The number of hydrogen-bond acceptors (Lipinski definition) is 2. The summed E-state index contributed by atoms with van der Waals surface area (Å²) in [6.07, 6.45) is 17.6. The van der Waals surface area contributed by atoms with Gasteiger partial charge in [-0.05, 0) is 131 Å². The number of aliphatic hydroxyl groups is 2. The van der Waals surface area contributed by atoms with Crippen molar-refractivity contribution in [2.45, 2.75) is 122 Å². The van der Waals surface area contributed by atoms with Crippen LogP contribution in [0.15, 0.2) is 12.7 Å². The van der Waals surface area contributed by atoms with Gasteiger partial charge in [0.25, 0.3) is 0 Å². The van der Waals surface area contributed by atoms with Gasteiger partial charge in [-0.3, -0.25) is 0 Å². The highest BCUT2D eigenvalue weighted by Gasteiger charge is 2.60. The smallest absolute Gasteiger partial charge is 0.0653 e. The van der Waals surface area contributed by atoms with Crippen LogP contribution in [0, 0.1) is 40.4 Å². The SMILES string of the molecule is C=CC[C@](C)(O)CCC[C@H]1CC[C@H]2[C@@H]3CC[C@H]4C[C@@](C)(O)CC[C@]4(C)[C@H]3CC[C@]12C. The fourth-order valence-corrected chi connectivity index (χ4v) is 9.16. The molecule has 0 aromatic carbocycles. The first-order valence-electron chi connectivity index (χ1n) is 13.1. The maximum Gasteiger partial charge on any atom is 0.0653 e. The summed E-state index contributed by atoms with van der Waals surface area (Å²) in [5, 5.41) is 21.2. The Hall–Kier alpha value is -0.340. The Morgan fingerprint density at radius 3 is 2.43 bits per heavy atom.